The molecular formula is C13H21NS. The molecule has 0 bridgehead atoms. The number of rotatable bonds is 5. The van der Waals surface area contributed by atoms with Crippen molar-refractivity contribution < 1.29 is 0 Å². The van der Waals surface area contributed by atoms with Gasteiger partial charge in [-0.2, -0.15) is 0 Å². The van der Waals surface area contributed by atoms with Crippen LogP contribution in [0.1, 0.15) is 31.4 Å². The zero-order valence-electron chi connectivity index (χ0n) is 9.92. The highest BCUT2D eigenvalue weighted by molar-refractivity contribution is 7.99. The molecule has 0 spiro atoms. The van der Waals surface area contributed by atoms with Crippen molar-refractivity contribution >= 4 is 11.8 Å². The number of aryl methyl sites for hydroxylation is 1. The van der Waals surface area contributed by atoms with Crippen LogP contribution in [0.4, 0.5) is 0 Å². The summed E-state index contributed by atoms with van der Waals surface area (Å²) in [5, 5.41) is 0. The maximum atomic E-state index is 5.72. The largest absolute Gasteiger partial charge is 0.326 e. The Bertz CT molecular complexity index is 307. The molecule has 2 heteroatoms. The summed E-state index contributed by atoms with van der Waals surface area (Å²) in [4.78, 5) is 1.36. The summed E-state index contributed by atoms with van der Waals surface area (Å²) in [6, 6.07) is 6.52. The minimum absolute atomic E-state index is 0.643. The molecule has 0 radical (unpaired) electrons. The van der Waals surface area contributed by atoms with E-state index in [4.69, 9.17) is 5.73 Å². The molecule has 0 saturated heterocycles. The Balaban J connectivity index is 2.62. The highest BCUT2D eigenvalue weighted by Crippen LogP contribution is 2.25. The maximum absolute atomic E-state index is 5.72. The van der Waals surface area contributed by atoms with Crippen molar-refractivity contribution in [1.29, 1.82) is 0 Å². The smallest absolute Gasteiger partial charge is 0.0189 e. The van der Waals surface area contributed by atoms with Gasteiger partial charge < -0.3 is 5.73 Å². The van der Waals surface area contributed by atoms with E-state index in [1.165, 1.54) is 28.2 Å². The van der Waals surface area contributed by atoms with E-state index in [-0.39, 0.29) is 0 Å². The van der Waals surface area contributed by atoms with Gasteiger partial charge in [-0.25, -0.2) is 0 Å². The van der Waals surface area contributed by atoms with E-state index in [1.807, 2.05) is 11.8 Å². The van der Waals surface area contributed by atoms with Crippen LogP contribution in [0.2, 0.25) is 0 Å². The van der Waals surface area contributed by atoms with Crippen molar-refractivity contribution in [3.63, 3.8) is 0 Å². The first-order chi connectivity index (χ1) is 7.13. The molecule has 0 fully saturated rings. The standard InChI is InChI=1S/C13H21NS/c1-10(2)6-7-15-13-8-11(3)4-5-12(13)9-14/h4-5,8,10H,6-7,9,14H2,1-3H3. The predicted octanol–water partition coefficient (Wildman–Crippen LogP) is 3.59. The van der Waals surface area contributed by atoms with E-state index in [0.29, 0.717) is 6.54 Å². The zero-order valence-corrected chi connectivity index (χ0v) is 10.7. The fraction of sp³-hybridized carbons (Fsp3) is 0.538. The quantitative estimate of drug-likeness (QED) is 0.772. The first-order valence-electron chi connectivity index (χ1n) is 5.56. The first-order valence-corrected chi connectivity index (χ1v) is 6.54. The summed E-state index contributed by atoms with van der Waals surface area (Å²) in [7, 11) is 0. The van der Waals surface area contributed by atoms with E-state index in [1.54, 1.807) is 0 Å². The Hall–Kier alpha value is -0.470. The Morgan fingerprint density at radius 2 is 2.07 bits per heavy atom. The zero-order chi connectivity index (χ0) is 11.3. The molecule has 1 rings (SSSR count). The summed E-state index contributed by atoms with van der Waals surface area (Å²) in [5.74, 6) is 1.97. The molecule has 0 aromatic heterocycles. The van der Waals surface area contributed by atoms with Crippen LogP contribution in [0.15, 0.2) is 23.1 Å². The molecule has 2 N–H and O–H groups in total. The average Bonchev–Trinajstić information content (AvgIpc) is 2.17. The van der Waals surface area contributed by atoms with Crippen LogP contribution in [0.3, 0.4) is 0 Å². The van der Waals surface area contributed by atoms with Crippen LogP contribution < -0.4 is 5.73 Å². The van der Waals surface area contributed by atoms with E-state index in [2.05, 4.69) is 39.0 Å². The van der Waals surface area contributed by atoms with Gasteiger partial charge in [0.25, 0.3) is 0 Å². The minimum atomic E-state index is 0.643. The summed E-state index contributed by atoms with van der Waals surface area (Å²) >= 11 is 1.93. The highest BCUT2D eigenvalue weighted by Gasteiger charge is 2.02. The van der Waals surface area contributed by atoms with Crippen molar-refractivity contribution in [3.05, 3.63) is 29.3 Å². The van der Waals surface area contributed by atoms with Crippen molar-refractivity contribution in [2.24, 2.45) is 11.7 Å². The molecule has 0 amide bonds. The topological polar surface area (TPSA) is 26.0 Å². The molecule has 0 aliphatic heterocycles. The average molecular weight is 223 g/mol. The Morgan fingerprint density at radius 3 is 2.67 bits per heavy atom. The van der Waals surface area contributed by atoms with Gasteiger partial charge in [-0.1, -0.05) is 26.0 Å². The van der Waals surface area contributed by atoms with Crippen LogP contribution in [-0.2, 0) is 6.54 Å². The normalized spacial score (nSPS) is 11.0. The third kappa shape index (κ3) is 4.27. The van der Waals surface area contributed by atoms with E-state index in [9.17, 15) is 0 Å². The Kier molecular flexibility index (Phi) is 5.20. The molecule has 0 aliphatic rings. The van der Waals surface area contributed by atoms with Gasteiger partial charge in [-0.15, -0.1) is 11.8 Å². The van der Waals surface area contributed by atoms with Gasteiger partial charge >= 0.3 is 0 Å². The molecule has 84 valence electrons. The molecule has 0 heterocycles. The van der Waals surface area contributed by atoms with Crippen LogP contribution in [-0.4, -0.2) is 5.75 Å². The van der Waals surface area contributed by atoms with Crippen LogP contribution in [0.5, 0.6) is 0 Å². The Labute approximate surface area is 97.4 Å². The molecular weight excluding hydrogens is 202 g/mol. The first kappa shape index (κ1) is 12.6. The fourth-order valence-corrected chi connectivity index (χ4v) is 2.78. The number of nitrogens with two attached hydrogens (primary N) is 1. The van der Waals surface area contributed by atoms with Crippen LogP contribution in [0, 0.1) is 12.8 Å². The van der Waals surface area contributed by atoms with Gasteiger partial charge in [0.2, 0.25) is 0 Å². The predicted molar refractivity (Wildman–Crippen MR) is 69.2 cm³/mol. The lowest BCUT2D eigenvalue weighted by Gasteiger charge is -2.09. The second-order valence-corrected chi connectivity index (χ2v) is 5.48. The summed E-state index contributed by atoms with van der Waals surface area (Å²) < 4.78 is 0. The lowest BCUT2D eigenvalue weighted by molar-refractivity contribution is 0.632. The van der Waals surface area contributed by atoms with Gasteiger partial charge in [0.05, 0.1) is 0 Å². The second kappa shape index (κ2) is 6.19. The molecule has 0 atom stereocenters. The molecule has 15 heavy (non-hydrogen) atoms. The third-order valence-electron chi connectivity index (χ3n) is 2.40. The van der Waals surface area contributed by atoms with E-state index >= 15 is 0 Å². The number of thioether (sulfide) groups is 1. The molecule has 0 unspecified atom stereocenters. The lowest BCUT2D eigenvalue weighted by atomic mass is 10.1. The van der Waals surface area contributed by atoms with Crippen molar-refractivity contribution in [2.75, 3.05) is 5.75 Å². The van der Waals surface area contributed by atoms with Gasteiger partial charge in [0, 0.05) is 11.4 Å². The van der Waals surface area contributed by atoms with Gasteiger partial charge in [0.15, 0.2) is 0 Å². The van der Waals surface area contributed by atoms with Crippen molar-refractivity contribution in [3.8, 4) is 0 Å². The molecule has 1 nitrogen and oxygen atoms in total. The van der Waals surface area contributed by atoms with Crippen LogP contribution in [0.25, 0.3) is 0 Å². The van der Waals surface area contributed by atoms with Gasteiger partial charge in [-0.05, 0) is 42.2 Å². The maximum Gasteiger partial charge on any atom is 0.0189 e. The molecule has 0 saturated carbocycles. The lowest BCUT2D eigenvalue weighted by Crippen LogP contribution is -1.99. The summed E-state index contributed by atoms with van der Waals surface area (Å²) in [6.45, 7) is 7.30. The van der Waals surface area contributed by atoms with Crippen molar-refractivity contribution in [1.82, 2.24) is 0 Å². The second-order valence-electron chi connectivity index (χ2n) is 4.35. The fourth-order valence-electron chi connectivity index (χ4n) is 1.37. The van der Waals surface area contributed by atoms with E-state index < -0.39 is 0 Å². The Morgan fingerprint density at radius 1 is 1.33 bits per heavy atom. The van der Waals surface area contributed by atoms with Gasteiger partial charge in [-0.3, -0.25) is 0 Å². The molecule has 0 aliphatic carbocycles. The summed E-state index contributed by atoms with van der Waals surface area (Å²) in [5.41, 5.74) is 8.31. The monoisotopic (exact) mass is 223 g/mol. The number of benzene rings is 1. The molecule has 1 aromatic carbocycles. The number of hydrogen-bond acceptors (Lipinski definition) is 2. The van der Waals surface area contributed by atoms with Gasteiger partial charge in [0.1, 0.15) is 0 Å². The van der Waals surface area contributed by atoms with Crippen molar-refractivity contribution in [2.45, 2.75) is 38.6 Å². The third-order valence-corrected chi connectivity index (χ3v) is 3.53. The van der Waals surface area contributed by atoms with E-state index in [0.717, 1.165) is 5.92 Å². The van der Waals surface area contributed by atoms with Crippen LogP contribution >= 0.6 is 11.8 Å². The number of hydrogen-bond donors (Lipinski definition) is 1. The molecule has 1 aromatic rings. The minimum Gasteiger partial charge on any atom is -0.326 e. The highest BCUT2D eigenvalue weighted by atomic mass is 32.2. The summed E-state index contributed by atoms with van der Waals surface area (Å²) in [6.07, 6.45) is 1.27. The SMILES string of the molecule is Cc1ccc(CN)c(SCCC(C)C)c1.